The molecule has 122 valence electrons. The number of thiazole rings is 1. The number of amides is 1. The van der Waals surface area contributed by atoms with Crippen molar-refractivity contribution in [3.8, 4) is 0 Å². The minimum Gasteiger partial charge on any atom is -0.361 e. The molecule has 0 aromatic carbocycles. The first kappa shape index (κ1) is 15.9. The van der Waals surface area contributed by atoms with Crippen molar-refractivity contribution in [2.24, 2.45) is 0 Å². The molecule has 6 nitrogen and oxygen atoms in total. The number of likely N-dealkylation sites (tertiary alicyclic amines) is 1. The fourth-order valence-electron chi connectivity index (χ4n) is 2.78. The summed E-state index contributed by atoms with van der Waals surface area (Å²) in [6, 6.07) is 3.64. The lowest BCUT2D eigenvalue weighted by molar-refractivity contribution is 0.0603. The molecule has 2 aromatic rings. The predicted octanol–water partition coefficient (Wildman–Crippen LogP) is 2.67. The van der Waals surface area contributed by atoms with E-state index < -0.39 is 0 Å². The molecule has 23 heavy (non-hydrogen) atoms. The van der Waals surface area contributed by atoms with E-state index in [-0.39, 0.29) is 11.9 Å². The van der Waals surface area contributed by atoms with E-state index in [4.69, 9.17) is 0 Å². The van der Waals surface area contributed by atoms with Crippen molar-refractivity contribution in [1.82, 2.24) is 20.1 Å². The third-order valence-corrected chi connectivity index (χ3v) is 5.08. The van der Waals surface area contributed by atoms with Crippen LogP contribution in [-0.2, 0) is 0 Å². The van der Waals surface area contributed by atoms with E-state index in [2.05, 4.69) is 15.2 Å². The molecule has 3 rings (SSSR count). The molecule has 0 spiro atoms. The summed E-state index contributed by atoms with van der Waals surface area (Å²) in [5.41, 5.74) is 1.41. The Hall–Kier alpha value is -2.02. The van der Waals surface area contributed by atoms with Crippen LogP contribution in [0.1, 0.15) is 46.5 Å². The first-order valence-electron chi connectivity index (χ1n) is 7.80. The van der Waals surface area contributed by atoms with Gasteiger partial charge in [-0.25, -0.2) is 4.98 Å². The lowest BCUT2D eigenvalue weighted by Gasteiger charge is -2.34. The zero-order valence-electron chi connectivity index (χ0n) is 13.7. The van der Waals surface area contributed by atoms with Crippen LogP contribution in [0.4, 0.5) is 5.82 Å². The highest BCUT2D eigenvalue weighted by atomic mass is 32.1. The van der Waals surface area contributed by atoms with Crippen LogP contribution in [0, 0.1) is 6.92 Å². The molecular formula is C16H21N5OS. The summed E-state index contributed by atoms with van der Waals surface area (Å²) in [4.78, 5) is 21.2. The van der Waals surface area contributed by atoms with Gasteiger partial charge in [0.15, 0.2) is 11.5 Å². The van der Waals surface area contributed by atoms with Gasteiger partial charge in [-0.15, -0.1) is 21.5 Å². The van der Waals surface area contributed by atoms with E-state index >= 15 is 0 Å². The average molecular weight is 331 g/mol. The zero-order valence-corrected chi connectivity index (χ0v) is 14.5. The van der Waals surface area contributed by atoms with Crippen LogP contribution in [0.2, 0.25) is 0 Å². The molecular weight excluding hydrogens is 310 g/mol. The van der Waals surface area contributed by atoms with Crippen LogP contribution in [0.25, 0.3) is 0 Å². The molecule has 1 aliphatic heterocycles. The molecule has 0 radical (unpaired) electrons. The number of aromatic nitrogens is 3. The van der Waals surface area contributed by atoms with Crippen molar-refractivity contribution >= 4 is 23.1 Å². The zero-order chi connectivity index (χ0) is 16.4. The van der Waals surface area contributed by atoms with Gasteiger partial charge in [0, 0.05) is 31.7 Å². The SMILES string of the molecule is Cc1csc([C@@H]2CCCCN2C(=O)c2ccc(N(C)C)nn2)n1. The number of aryl methyl sites for hydroxylation is 1. The topological polar surface area (TPSA) is 62.2 Å². The Kier molecular flexibility index (Phi) is 4.56. The maximum absolute atomic E-state index is 12.9. The lowest BCUT2D eigenvalue weighted by atomic mass is 10.0. The van der Waals surface area contributed by atoms with Gasteiger partial charge in [-0.2, -0.15) is 0 Å². The Morgan fingerprint density at radius 3 is 2.74 bits per heavy atom. The molecule has 1 fully saturated rings. The highest BCUT2D eigenvalue weighted by Gasteiger charge is 2.31. The molecule has 0 aliphatic carbocycles. The van der Waals surface area contributed by atoms with Crippen molar-refractivity contribution in [2.75, 3.05) is 25.5 Å². The summed E-state index contributed by atoms with van der Waals surface area (Å²) in [7, 11) is 3.80. The third-order valence-electron chi connectivity index (χ3n) is 4.01. The van der Waals surface area contributed by atoms with Crippen molar-refractivity contribution in [3.05, 3.63) is 33.9 Å². The number of carbonyl (C=O) groups excluding carboxylic acids is 1. The van der Waals surface area contributed by atoms with Crippen LogP contribution in [0.3, 0.4) is 0 Å². The molecule has 1 aliphatic rings. The number of rotatable bonds is 3. The normalized spacial score (nSPS) is 18.0. The molecule has 0 unspecified atom stereocenters. The van der Waals surface area contributed by atoms with E-state index in [1.54, 1.807) is 17.4 Å². The summed E-state index contributed by atoms with van der Waals surface area (Å²) in [6.45, 7) is 2.74. The Balaban J connectivity index is 1.83. The summed E-state index contributed by atoms with van der Waals surface area (Å²) >= 11 is 1.63. The number of carbonyl (C=O) groups is 1. The van der Waals surface area contributed by atoms with Crippen molar-refractivity contribution < 1.29 is 4.79 Å². The van der Waals surface area contributed by atoms with Gasteiger partial charge in [0.1, 0.15) is 5.01 Å². The first-order chi connectivity index (χ1) is 11.1. The molecule has 7 heteroatoms. The van der Waals surface area contributed by atoms with Gasteiger partial charge in [0.05, 0.1) is 6.04 Å². The van der Waals surface area contributed by atoms with Crippen molar-refractivity contribution in [2.45, 2.75) is 32.2 Å². The molecule has 3 heterocycles. The van der Waals surface area contributed by atoms with Gasteiger partial charge in [-0.3, -0.25) is 4.79 Å². The second kappa shape index (κ2) is 6.62. The third kappa shape index (κ3) is 3.34. The van der Waals surface area contributed by atoms with E-state index in [1.165, 1.54) is 0 Å². The molecule has 1 atom stereocenters. The maximum Gasteiger partial charge on any atom is 0.274 e. The smallest absolute Gasteiger partial charge is 0.274 e. The van der Waals surface area contributed by atoms with Gasteiger partial charge in [0.2, 0.25) is 0 Å². The van der Waals surface area contributed by atoms with Gasteiger partial charge in [-0.05, 0) is 38.3 Å². The Bertz CT molecular complexity index is 682. The van der Waals surface area contributed by atoms with E-state index in [0.717, 1.165) is 42.3 Å². The fraction of sp³-hybridized carbons (Fsp3) is 0.500. The van der Waals surface area contributed by atoms with Crippen molar-refractivity contribution in [1.29, 1.82) is 0 Å². The first-order valence-corrected chi connectivity index (χ1v) is 8.68. The fourth-order valence-corrected chi connectivity index (χ4v) is 3.72. The van der Waals surface area contributed by atoms with Gasteiger partial charge in [-0.1, -0.05) is 0 Å². The van der Waals surface area contributed by atoms with Crippen molar-refractivity contribution in [3.63, 3.8) is 0 Å². The second-order valence-electron chi connectivity index (χ2n) is 6.01. The van der Waals surface area contributed by atoms with Crippen LogP contribution < -0.4 is 4.90 Å². The number of hydrogen-bond donors (Lipinski definition) is 0. The standard InChI is InChI=1S/C16H21N5OS/c1-11-10-23-15(17-11)13-6-4-5-9-21(13)16(22)12-7-8-14(19-18-12)20(2)3/h7-8,10,13H,4-6,9H2,1-3H3/t13-/m0/s1. The molecule has 1 amide bonds. The molecule has 0 saturated carbocycles. The Morgan fingerprint density at radius 2 is 2.13 bits per heavy atom. The Morgan fingerprint density at radius 1 is 1.30 bits per heavy atom. The summed E-state index contributed by atoms with van der Waals surface area (Å²) in [5, 5.41) is 11.3. The number of hydrogen-bond acceptors (Lipinski definition) is 6. The van der Waals surface area contributed by atoms with E-state index in [9.17, 15) is 4.79 Å². The molecule has 1 saturated heterocycles. The number of piperidine rings is 1. The maximum atomic E-state index is 12.9. The van der Waals surface area contributed by atoms with Gasteiger partial charge < -0.3 is 9.80 Å². The average Bonchev–Trinajstić information content (AvgIpc) is 3.00. The van der Waals surface area contributed by atoms with Crippen LogP contribution >= 0.6 is 11.3 Å². The quantitative estimate of drug-likeness (QED) is 0.865. The predicted molar refractivity (Wildman–Crippen MR) is 90.8 cm³/mol. The Labute approximate surface area is 140 Å². The van der Waals surface area contributed by atoms with E-state index in [0.29, 0.717) is 5.69 Å². The highest BCUT2D eigenvalue weighted by Crippen LogP contribution is 2.33. The monoisotopic (exact) mass is 331 g/mol. The van der Waals surface area contributed by atoms with Gasteiger partial charge >= 0.3 is 0 Å². The number of anilines is 1. The van der Waals surface area contributed by atoms with Crippen LogP contribution in [0.15, 0.2) is 17.5 Å². The van der Waals surface area contributed by atoms with Crippen LogP contribution in [0.5, 0.6) is 0 Å². The largest absolute Gasteiger partial charge is 0.361 e. The minimum absolute atomic E-state index is 0.0552. The molecule has 2 aromatic heterocycles. The van der Waals surface area contributed by atoms with Crippen LogP contribution in [-0.4, -0.2) is 46.6 Å². The summed E-state index contributed by atoms with van der Waals surface area (Å²) in [6.07, 6.45) is 3.11. The second-order valence-corrected chi connectivity index (χ2v) is 6.90. The minimum atomic E-state index is -0.0552. The van der Waals surface area contributed by atoms with E-state index in [1.807, 2.05) is 42.3 Å². The number of nitrogens with zero attached hydrogens (tertiary/aromatic N) is 5. The highest BCUT2D eigenvalue weighted by molar-refractivity contribution is 7.09. The molecule has 0 bridgehead atoms. The van der Waals surface area contributed by atoms with Gasteiger partial charge in [0.25, 0.3) is 5.91 Å². The summed E-state index contributed by atoms with van der Waals surface area (Å²) < 4.78 is 0. The lowest BCUT2D eigenvalue weighted by Crippen LogP contribution is -2.39. The molecule has 0 N–H and O–H groups in total. The summed E-state index contributed by atoms with van der Waals surface area (Å²) in [5.74, 6) is 0.688.